The third-order valence-corrected chi connectivity index (χ3v) is 5.14. The lowest BCUT2D eigenvalue weighted by Crippen LogP contribution is -2.22. The number of carbonyl (C=O) groups excluding carboxylic acids is 2. The molecule has 7 heteroatoms. The molecule has 0 aliphatic carbocycles. The predicted molar refractivity (Wildman–Crippen MR) is 104 cm³/mol. The summed E-state index contributed by atoms with van der Waals surface area (Å²) in [5, 5.41) is 0. The van der Waals surface area contributed by atoms with Gasteiger partial charge < -0.3 is 14.0 Å². The fraction of sp³-hybridized carbons (Fsp3) is 0.250. The van der Waals surface area contributed by atoms with Crippen molar-refractivity contribution < 1.29 is 19.1 Å². The molecule has 6 nitrogen and oxygen atoms in total. The number of amides is 1. The summed E-state index contributed by atoms with van der Waals surface area (Å²) in [5.41, 5.74) is 1.89. The Morgan fingerprint density at radius 2 is 1.89 bits per heavy atom. The highest BCUT2D eigenvalue weighted by atomic mass is 32.1. The number of rotatable bonds is 6. The number of nitrogens with zero attached hydrogens (tertiary/aromatic N) is 2. The normalized spacial score (nSPS) is 11.6. The molecule has 0 fully saturated rings. The molecule has 0 N–H and O–H groups in total. The van der Waals surface area contributed by atoms with Crippen LogP contribution in [0.2, 0.25) is 0 Å². The van der Waals surface area contributed by atoms with Crippen LogP contribution < -0.4 is 9.54 Å². The van der Waals surface area contributed by atoms with Gasteiger partial charge in [0.1, 0.15) is 12.3 Å². The number of hydrogen-bond donors (Lipinski definition) is 0. The first-order chi connectivity index (χ1) is 13.1. The minimum Gasteiger partial charge on any atom is -0.497 e. The zero-order valence-electron chi connectivity index (χ0n) is 15.2. The number of fused-ring (bicyclic) bond motifs is 1. The van der Waals surface area contributed by atoms with Gasteiger partial charge in [-0.15, -0.1) is 0 Å². The second-order valence-electron chi connectivity index (χ2n) is 5.87. The van der Waals surface area contributed by atoms with E-state index in [9.17, 15) is 9.59 Å². The molecule has 2 aromatic carbocycles. The lowest BCUT2D eigenvalue weighted by atomic mass is 10.1. The van der Waals surface area contributed by atoms with Crippen molar-refractivity contribution in [3.8, 4) is 5.75 Å². The average molecular weight is 384 g/mol. The number of ether oxygens (including phenoxy) is 2. The average Bonchev–Trinajstić information content (AvgIpc) is 3.03. The van der Waals surface area contributed by atoms with Gasteiger partial charge in [0.05, 0.1) is 24.4 Å². The summed E-state index contributed by atoms with van der Waals surface area (Å²) in [5.74, 6) is 0.0793. The minimum atomic E-state index is -0.399. The number of aromatic nitrogens is 1. The molecule has 0 atom stereocenters. The second kappa shape index (κ2) is 8.64. The van der Waals surface area contributed by atoms with Gasteiger partial charge in [0.2, 0.25) is 5.91 Å². The SMILES string of the molecule is COC(=O)Cn1c(=NC(=O)CCc2ccccc2)sc2cc(OC)ccc21. The Morgan fingerprint density at radius 1 is 1.11 bits per heavy atom. The molecule has 3 rings (SSSR count). The zero-order valence-corrected chi connectivity index (χ0v) is 16.0. The maximum absolute atomic E-state index is 12.4. The van der Waals surface area contributed by atoms with Crippen LogP contribution in [-0.2, 0) is 27.3 Å². The molecule has 0 unspecified atom stereocenters. The van der Waals surface area contributed by atoms with Crippen LogP contribution in [0, 0.1) is 0 Å². The monoisotopic (exact) mass is 384 g/mol. The molecule has 27 heavy (non-hydrogen) atoms. The summed E-state index contributed by atoms with van der Waals surface area (Å²) in [6.45, 7) is -0.00632. The predicted octanol–water partition coefficient (Wildman–Crippen LogP) is 2.94. The van der Waals surface area contributed by atoms with Crippen molar-refractivity contribution in [2.75, 3.05) is 14.2 Å². The lowest BCUT2D eigenvalue weighted by Gasteiger charge is -2.04. The largest absolute Gasteiger partial charge is 0.497 e. The van der Waals surface area contributed by atoms with E-state index in [1.54, 1.807) is 11.7 Å². The molecule has 0 radical (unpaired) electrons. The standard InChI is InChI=1S/C20H20N2O4S/c1-25-15-9-10-16-17(12-15)27-20(22(16)13-19(24)26-2)21-18(23)11-8-14-6-4-3-5-7-14/h3-7,9-10,12H,8,11,13H2,1-2H3. The third kappa shape index (κ3) is 4.62. The number of aryl methyl sites for hydroxylation is 1. The van der Waals surface area contributed by atoms with Crippen LogP contribution in [0.1, 0.15) is 12.0 Å². The van der Waals surface area contributed by atoms with E-state index in [-0.39, 0.29) is 12.5 Å². The maximum atomic E-state index is 12.4. The first-order valence-corrected chi connectivity index (χ1v) is 9.28. The van der Waals surface area contributed by atoms with Crippen molar-refractivity contribution >= 4 is 33.4 Å². The molecular weight excluding hydrogens is 364 g/mol. The van der Waals surface area contributed by atoms with Crippen LogP contribution in [0.4, 0.5) is 0 Å². The van der Waals surface area contributed by atoms with Crippen molar-refractivity contribution in [2.45, 2.75) is 19.4 Å². The molecule has 1 heterocycles. The summed E-state index contributed by atoms with van der Waals surface area (Å²) >= 11 is 1.34. The Labute approximate surface area is 160 Å². The number of esters is 1. The van der Waals surface area contributed by atoms with Gasteiger partial charge in [0, 0.05) is 6.42 Å². The van der Waals surface area contributed by atoms with E-state index in [4.69, 9.17) is 9.47 Å². The van der Waals surface area contributed by atoms with Crippen LogP contribution in [-0.4, -0.2) is 30.7 Å². The molecule has 1 aromatic heterocycles. The summed E-state index contributed by atoms with van der Waals surface area (Å²) in [6.07, 6.45) is 0.929. The van der Waals surface area contributed by atoms with Gasteiger partial charge in [0.15, 0.2) is 4.80 Å². The van der Waals surface area contributed by atoms with Crippen molar-refractivity contribution in [3.63, 3.8) is 0 Å². The number of carbonyl (C=O) groups is 2. The molecule has 0 aliphatic rings. The smallest absolute Gasteiger partial charge is 0.325 e. The van der Waals surface area contributed by atoms with Gasteiger partial charge in [-0.3, -0.25) is 9.59 Å². The van der Waals surface area contributed by atoms with Gasteiger partial charge in [-0.1, -0.05) is 41.7 Å². The number of benzene rings is 2. The van der Waals surface area contributed by atoms with Crippen molar-refractivity contribution in [3.05, 3.63) is 58.9 Å². The van der Waals surface area contributed by atoms with Crippen LogP contribution in [0.15, 0.2) is 53.5 Å². The van der Waals surface area contributed by atoms with Crippen LogP contribution in [0.25, 0.3) is 10.2 Å². The Kier molecular flexibility index (Phi) is 6.03. The third-order valence-electron chi connectivity index (χ3n) is 4.10. The molecular formula is C20H20N2O4S. The summed E-state index contributed by atoms with van der Waals surface area (Å²) in [7, 11) is 2.93. The van der Waals surface area contributed by atoms with Gasteiger partial charge in [-0.25, -0.2) is 0 Å². The van der Waals surface area contributed by atoms with E-state index in [2.05, 4.69) is 4.99 Å². The van der Waals surface area contributed by atoms with Gasteiger partial charge in [0.25, 0.3) is 0 Å². The fourth-order valence-electron chi connectivity index (χ4n) is 2.67. The molecule has 0 saturated heterocycles. The summed E-state index contributed by atoms with van der Waals surface area (Å²) in [4.78, 5) is 28.9. The lowest BCUT2D eigenvalue weighted by molar-refractivity contribution is -0.141. The van der Waals surface area contributed by atoms with Crippen LogP contribution in [0.3, 0.4) is 0 Å². The molecule has 3 aromatic rings. The van der Waals surface area contributed by atoms with Crippen molar-refractivity contribution in [1.29, 1.82) is 0 Å². The first-order valence-electron chi connectivity index (χ1n) is 8.46. The zero-order chi connectivity index (χ0) is 19.2. The van der Waals surface area contributed by atoms with Crippen molar-refractivity contribution in [1.82, 2.24) is 4.57 Å². The Bertz CT molecular complexity index is 1020. The molecule has 0 saturated carbocycles. The molecule has 1 amide bonds. The van der Waals surface area contributed by atoms with E-state index >= 15 is 0 Å². The summed E-state index contributed by atoms with van der Waals surface area (Å²) < 4.78 is 12.6. The quantitative estimate of drug-likeness (QED) is 0.613. The Morgan fingerprint density at radius 3 is 2.59 bits per heavy atom. The molecule has 0 bridgehead atoms. The Hall–Kier alpha value is -2.93. The maximum Gasteiger partial charge on any atom is 0.325 e. The minimum absolute atomic E-state index is 0.00632. The van der Waals surface area contributed by atoms with Crippen molar-refractivity contribution in [2.24, 2.45) is 4.99 Å². The van der Waals surface area contributed by atoms with Gasteiger partial charge >= 0.3 is 5.97 Å². The van der Waals surface area contributed by atoms with Gasteiger partial charge in [-0.05, 0) is 30.2 Å². The van der Waals surface area contributed by atoms with E-state index in [0.29, 0.717) is 23.4 Å². The van der Waals surface area contributed by atoms with E-state index in [1.807, 2.05) is 48.5 Å². The van der Waals surface area contributed by atoms with E-state index in [1.165, 1.54) is 18.4 Å². The molecule has 0 aliphatic heterocycles. The second-order valence-corrected chi connectivity index (χ2v) is 6.88. The molecule has 140 valence electrons. The Balaban J connectivity index is 1.92. The van der Waals surface area contributed by atoms with E-state index < -0.39 is 5.97 Å². The summed E-state index contributed by atoms with van der Waals surface area (Å²) in [6, 6.07) is 15.3. The molecule has 0 spiro atoms. The van der Waals surface area contributed by atoms with E-state index in [0.717, 1.165) is 15.8 Å². The fourth-order valence-corrected chi connectivity index (χ4v) is 3.75. The number of thiazole rings is 1. The first kappa shape index (κ1) is 18.8. The number of methoxy groups -OCH3 is 2. The van der Waals surface area contributed by atoms with Crippen LogP contribution >= 0.6 is 11.3 Å². The highest BCUT2D eigenvalue weighted by Crippen LogP contribution is 2.23. The highest BCUT2D eigenvalue weighted by Gasteiger charge is 2.12. The number of hydrogen-bond acceptors (Lipinski definition) is 5. The van der Waals surface area contributed by atoms with Gasteiger partial charge in [-0.2, -0.15) is 4.99 Å². The highest BCUT2D eigenvalue weighted by molar-refractivity contribution is 7.16. The van der Waals surface area contributed by atoms with Crippen LogP contribution in [0.5, 0.6) is 5.75 Å². The topological polar surface area (TPSA) is 69.9 Å².